The quantitative estimate of drug-likeness (QED) is 0.547. The van der Waals surface area contributed by atoms with Crippen molar-refractivity contribution in [1.29, 1.82) is 5.26 Å². The third kappa shape index (κ3) is 3.62. The van der Waals surface area contributed by atoms with E-state index in [9.17, 15) is 5.26 Å². The number of hydrogen-bond donors (Lipinski definition) is 2. The van der Waals surface area contributed by atoms with E-state index in [1.807, 2.05) is 30.3 Å². The molecule has 3 aromatic rings. The van der Waals surface area contributed by atoms with Crippen molar-refractivity contribution in [2.24, 2.45) is 0 Å². The Morgan fingerprint density at radius 3 is 2.71 bits per heavy atom. The Hall–Kier alpha value is -3.11. The summed E-state index contributed by atoms with van der Waals surface area (Å²) in [5.74, 6) is 0.258. The molecule has 2 N–H and O–H groups in total. The van der Waals surface area contributed by atoms with Gasteiger partial charge in [0.1, 0.15) is 11.6 Å². The van der Waals surface area contributed by atoms with Crippen LogP contribution in [0.25, 0.3) is 16.7 Å². The van der Waals surface area contributed by atoms with Crippen LogP contribution in [0.3, 0.4) is 0 Å². The Morgan fingerprint density at radius 2 is 2.04 bits per heavy atom. The van der Waals surface area contributed by atoms with Gasteiger partial charge in [-0.3, -0.25) is 0 Å². The second-order valence-corrected chi connectivity index (χ2v) is 5.74. The summed E-state index contributed by atoms with van der Waals surface area (Å²) in [5.41, 5.74) is 3.41. The molecule has 0 saturated carbocycles. The van der Waals surface area contributed by atoms with Crippen LogP contribution >= 0.6 is 11.8 Å². The molecule has 0 amide bonds. The molecule has 1 heterocycles. The number of nitriles is 1. The highest BCUT2D eigenvalue weighted by Gasteiger charge is 2.05. The molecule has 7 heteroatoms. The van der Waals surface area contributed by atoms with Crippen LogP contribution < -0.4 is 5.32 Å². The van der Waals surface area contributed by atoms with Gasteiger partial charge in [0.2, 0.25) is 5.82 Å². The summed E-state index contributed by atoms with van der Waals surface area (Å²) in [6.45, 7) is 0. The maximum Gasteiger partial charge on any atom is 0.216 e. The molecule has 0 radical (unpaired) electrons. The molecular weight excluding hydrogens is 320 g/mol. The molecule has 0 fully saturated rings. The highest BCUT2D eigenvalue weighted by Crippen LogP contribution is 2.25. The normalized spacial score (nSPS) is 11.1. The highest BCUT2D eigenvalue weighted by atomic mass is 32.2. The first-order valence-corrected chi connectivity index (χ1v) is 8.38. The van der Waals surface area contributed by atoms with Gasteiger partial charge in [-0.15, -0.1) is 22.0 Å². The summed E-state index contributed by atoms with van der Waals surface area (Å²) < 4.78 is 0. The van der Waals surface area contributed by atoms with Crippen LogP contribution in [0.15, 0.2) is 59.6 Å². The van der Waals surface area contributed by atoms with E-state index in [-0.39, 0.29) is 5.82 Å². The Labute approximate surface area is 143 Å². The van der Waals surface area contributed by atoms with E-state index in [4.69, 9.17) is 0 Å². The molecule has 0 atom stereocenters. The predicted octanol–water partition coefficient (Wildman–Crippen LogP) is 3.57. The number of nitrogens with one attached hydrogen (secondary N) is 2. The van der Waals surface area contributed by atoms with Gasteiger partial charge in [0, 0.05) is 16.8 Å². The SMILES string of the molecule is CSc1ccc(-c2cccc(NC=C(C#N)c3nn[nH]n3)c2)cc1. The zero-order valence-corrected chi connectivity index (χ0v) is 13.7. The number of nitrogens with zero attached hydrogens (tertiary/aromatic N) is 4. The van der Waals surface area contributed by atoms with E-state index >= 15 is 0 Å². The van der Waals surface area contributed by atoms with E-state index < -0.39 is 0 Å². The summed E-state index contributed by atoms with van der Waals surface area (Å²) in [6, 6.07) is 18.4. The lowest BCUT2D eigenvalue weighted by atomic mass is 10.1. The lowest BCUT2D eigenvalue weighted by Crippen LogP contribution is -1.93. The molecule has 2 aromatic carbocycles. The Kier molecular flexibility index (Phi) is 4.89. The summed E-state index contributed by atoms with van der Waals surface area (Å²) in [7, 11) is 0. The minimum Gasteiger partial charge on any atom is -0.360 e. The maximum atomic E-state index is 9.18. The van der Waals surface area contributed by atoms with E-state index in [1.165, 1.54) is 4.90 Å². The third-order valence-corrected chi connectivity index (χ3v) is 4.12. The van der Waals surface area contributed by atoms with Crippen LogP contribution in [0.4, 0.5) is 5.69 Å². The molecule has 6 nitrogen and oxygen atoms in total. The van der Waals surface area contributed by atoms with Crippen molar-refractivity contribution in [1.82, 2.24) is 20.6 Å². The summed E-state index contributed by atoms with van der Waals surface area (Å²) in [5, 5.41) is 25.7. The van der Waals surface area contributed by atoms with Gasteiger partial charge >= 0.3 is 0 Å². The average molecular weight is 334 g/mol. The fraction of sp³-hybridized carbons (Fsp3) is 0.0588. The summed E-state index contributed by atoms with van der Waals surface area (Å²) >= 11 is 1.72. The number of tetrazole rings is 1. The Bertz CT molecular complexity index is 878. The van der Waals surface area contributed by atoms with Crippen molar-refractivity contribution in [3.63, 3.8) is 0 Å². The number of thioether (sulfide) groups is 1. The smallest absolute Gasteiger partial charge is 0.216 e. The molecule has 3 rings (SSSR count). The standard InChI is InChI=1S/C17H14N6S/c1-24-16-7-5-12(6-8-16)13-3-2-4-15(9-13)19-11-14(10-18)17-20-22-23-21-17/h2-9,11,19H,1H3,(H,20,21,22,23). The van der Waals surface area contributed by atoms with Crippen LogP contribution in [0.1, 0.15) is 5.82 Å². The van der Waals surface area contributed by atoms with Gasteiger partial charge in [-0.05, 0) is 46.9 Å². The lowest BCUT2D eigenvalue weighted by Gasteiger charge is -2.06. The van der Waals surface area contributed by atoms with Crippen molar-refractivity contribution in [3.05, 3.63) is 60.6 Å². The van der Waals surface area contributed by atoms with Crippen LogP contribution in [-0.2, 0) is 0 Å². The molecule has 0 aliphatic rings. The molecule has 0 saturated heterocycles. The van der Waals surface area contributed by atoms with Crippen LogP contribution in [0, 0.1) is 11.3 Å². The third-order valence-electron chi connectivity index (χ3n) is 3.38. The zero-order chi connectivity index (χ0) is 16.8. The molecule has 24 heavy (non-hydrogen) atoms. The first kappa shape index (κ1) is 15.8. The van der Waals surface area contributed by atoms with Crippen LogP contribution in [-0.4, -0.2) is 26.9 Å². The molecule has 0 aliphatic carbocycles. The summed E-state index contributed by atoms with van der Waals surface area (Å²) in [6.07, 6.45) is 3.63. The van der Waals surface area contributed by atoms with Gasteiger partial charge in [0.05, 0.1) is 0 Å². The number of aromatic amines is 1. The number of hydrogen-bond acceptors (Lipinski definition) is 6. The first-order chi connectivity index (χ1) is 11.8. The van der Waals surface area contributed by atoms with E-state index in [1.54, 1.807) is 18.0 Å². The maximum absolute atomic E-state index is 9.18. The zero-order valence-electron chi connectivity index (χ0n) is 12.9. The second kappa shape index (κ2) is 7.44. The fourth-order valence-electron chi connectivity index (χ4n) is 2.15. The minimum absolute atomic E-state index is 0.258. The van der Waals surface area contributed by atoms with Crippen molar-refractivity contribution in [3.8, 4) is 17.2 Å². The van der Waals surface area contributed by atoms with E-state index in [0.29, 0.717) is 5.57 Å². The van der Waals surface area contributed by atoms with Crippen molar-refractivity contribution in [2.75, 3.05) is 11.6 Å². The topological polar surface area (TPSA) is 90.3 Å². The van der Waals surface area contributed by atoms with E-state index in [0.717, 1.165) is 16.8 Å². The van der Waals surface area contributed by atoms with Gasteiger partial charge in [0.15, 0.2) is 0 Å². The largest absolute Gasteiger partial charge is 0.360 e. The van der Waals surface area contributed by atoms with Gasteiger partial charge < -0.3 is 5.32 Å². The highest BCUT2D eigenvalue weighted by molar-refractivity contribution is 7.98. The summed E-state index contributed by atoms with van der Waals surface area (Å²) in [4.78, 5) is 1.23. The van der Waals surface area contributed by atoms with Crippen molar-refractivity contribution in [2.45, 2.75) is 4.90 Å². The predicted molar refractivity (Wildman–Crippen MR) is 95.0 cm³/mol. The van der Waals surface area contributed by atoms with E-state index in [2.05, 4.69) is 56.5 Å². The van der Waals surface area contributed by atoms with Crippen molar-refractivity contribution >= 4 is 23.0 Å². The second-order valence-electron chi connectivity index (χ2n) is 4.86. The molecular formula is C17H14N6S. The molecule has 0 unspecified atom stereocenters. The molecule has 118 valence electrons. The minimum atomic E-state index is 0.258. The van der Waals surface area contributed by atoms with Gasteiger partial charge in [-0.1, -0.05) is 24.3 Å². The number of anilines is 1. The lowest BCUT2D eigenvalue weighted by molar-refractivity contribution is 0.881. The van der Waals surface area contributed by atoms with Crippen LogP contribution in [0.5, 0.6) is 0 Å². The van der Waals surface area contributed by atoms with Crippen LogP contribution in [0.2, 0.25) is 0 Å². The molecule has 0 spiro atoms. The molecule has 0 aliphatic heterocycles. The monoisotopic (exact) mass is 334 g/mol. The number of benzene rings is 2. The number of aromatic nitrogens is 4. The van der Waals surface area contributed by atoms with Gasteiger partial charge in [-0.2, -0.15) is 10.5 Å². The van der Waals surface area contributed by atoms with Crippen molar-refractivity contribution < 1.29 is 0 Å². The number of rotatable bonds is 5. The molecule has 0 bridgehead atoms. The fourth-order valence-corrected chi connectivity index (χ4v) is 2.56. The van der Waals surface area contributed by atoms with Gasteiger partial charge in [-0.25, -0.2) is 0 Å². The van der Waals surface area contributed by atoms with Gasteiger partial charge in [0.25, 0.3) is 0 Å². The Balaban J connectivity index is 1.81. The molecule has 1 aromatic heterocycles. The number of allylic oxidation sites excluding steroid dienone is 1. The average Bonchev–Trinajstić information content (AvgIpc) is 3.17. The number of H-pyrrole nitrogens is 1. The Morgan fingerprint density at radius 1 is 1.21 bits per heavy atom. The first-order valence-electron chi connectivity index (χ1n) is 7.15.